The van der Waals surface area contributed by atoms with Crippen LogP contribution in [-0.4, -0.2) is 23.6 Å². The van der Waals surface area contributed by atoms with Gasteiger partial charge in [-0.1, -0.05) is 0 Å². The van der Waals surface area contributed by atoms with Crippen LogP contribution < -0.4 is 10.5 Å². The summed E-state index contributed by atoms with van der Waals surface area (Å²) in [6.45, 7) is 4.74. The lowest BCUT2D eigenvalue weighted by Crippen LogP contribution is -2.04. The van der Waals surface area contributed by atoms with Gasteiger partial charge in [0.15, 0.2) is 4.73 Å². The van der Waals surface area contributed by atoms with E-state index in [1.54, 1.807) is 7.11 Å². The van der Waals surface area contributed by atoms with E-state index in [2.05, 4.69) is 39.7 Å². The zero-order chi connectivity index (χ0) is 14.0. The van der Waals surface area contributed by atoms with Gasteiger partial charge in [-0.25, -0.2) is 4.98 Å². The van der Waals surface area contributed by atoms with Crippen molar-refractivity contribution >= 4 is 15.9 Å². The maximum Gasteiger partial charge on any atom is 0.175 e. The highest BCUT2D eigenvalue weighted by molar-refractivity contribution is 9.10. The number of hydrogen-bond acceptors (Lipinski definition) is 3. The highest BCUT2D eigenvalue weighted by Gasteiger charge is 2.15. The highest BCUT2D eigenvalue weighted by atomic mass is 79.9. The van der Waals surface area contributed by atoms with Crippen LogP contribution in [0.1, 0.15) is 16.8 Å². The second-order valence-electron chi connectivity index (χ2n) is 4.46. The zero-order valence-electron chi connectivity index (χ0n) is 11.4. The molecule has 0 spiro atoms. The van der Waals surface area contributed by atoms with Gasteiger partial charge in [-0.3, -0.25) is 0 Å². The highest BCUT2D eigenvalue weighted by Crippen LogP contribution is 2.32. The van der Waals surface area contributed by atoms with Crippen LogP contribution in [0.15, 0.2) is 16.9 Å². The van der Waals surface area contributed by atoms with Crippen LogP contribution in [0.5, 0.6) is 5.75 Å². The number of methoxy groups -OCH3 is 1. The summed E-state index contributed by atoms with van der Waals surface area (Å²) in [5, 5.41) is 0. The summed E-state index contributed by atoms with van der Waals surface area (Å²) < 4.78 is 6.08. The van der Waals surface area contributed by atoms with E-state index in [4.69, 9.17) is 10.5 Å². The van der Waals surface area contributed by atoms with Crippen molar-refractivity contribution in [3.8, 4) is 17.0 Å². The van der Waals surface area contributed by atoms with Crippen LogP contribution in [0.2, 0.25) is 0 Å². The molecule has 0 amide bonds. The molecule has 0 radical (unpaired) electrons. The molecule has 102 valence electrons. The average Bonchev–Trinajstić information content (AvgIpc) is 2.74. The number of rotatable bonds is 4. The van der Waals surface area contributed by atoms with Crippen LogP contribution in [-0.2, 0) is 6.42 Å². The normalized spacial score (nSPS) is 10.8. The summed E-state index contributed by atoms with van der Waals surface area (Å²) in [6, 6.07) is 4.02. The summed E-state index contributed by atoms with van der Waals surface area (Å²) >= 11 is 3.39. The van der Waals surface area contributed by atoms with Gasteiger partial charge >= 0.3 is 0 Å². The Labute approximate surface area is 121 Å². The van der Waals surface area contributed by atoms with E-state index in [0.717, 1.165) is 39.4 Å². The molecule has 1 heterocycles. The quantitative estimate of drug-likeness (QED) is 0.909. The first-order chi connectivity index (χ1) is 9.08. The summed E-state index contributed by atoms with van der Waals surface area (Å²) in [6.07, 6.45) is 0.776. The predicted octanol–water partition coefficient (Wildman–Crippen LogP) is 2.97. The van der Waals surface area contributed by atoms with Crippen molar-refractivity contribution in [3.63, 3.8) is 0 Å². The molecule has 0 aliphatic heterocycles. The van der Waals surface area contributed by atoms with Crippen LogP contribution in [0.25, 0.3) is 11.3 Å². The molecule has 2 rings (SSSR count). The van der Waals surface area contributed by atoms with Gasteiger partial charge in [0.25, 0.3) is 0 Å². The first kappa shape index (κ1) is 14.1. The van der Waals surface area contributed by atoms with Crippen molar-refractivity contribution in [2.75, 3.05) is 13.7 Å². The number of aromatic nitrogens is 2. The minimum Gasteiger partial charge on any atom is -0.496 e. The molecule has 0 saturated heterocycles. The number of nitrogens with zero attached hydrogens (tertiary/aromatic N) is 1. The Morgan fingerprint density at radius 3 is 2.68 bits per heavy atom. The molecular formula is C14H18BrN3O. The lowest BCUT2D eigenvalue weighted by Gasteiger charge is -2.12. The van der Waals surface area contributed by atoms with E-state index in [1.165, 1.54) is 5.56 Å². The fourth-order valence-corrected chi connectivity index (χ4v) is 2.62. The fourth-order valence-electron chi connectivity index (χ4n) is 2.20. The summed E-state index contributed by atoms with van der Waals surface area (Å²) in [5.74, 6) is 0.899. The van der Waals surface area contributed by atoms with Gasteiger partial charge in [0, 0.05) is 17.7 Å². The van der Waals surface area contributed by atoms with Gasteiger partial charge in [-0.05, 0) is 59.6 Å². The molecule has 0 bridgehead atoms. The molecule has 1 aromatic heterocycles. The summed E-state index contributed by atoms with van der Waals surface area (Å²) in [4.78, 5) is 7.74. The summed E-state index contributed by atoms with van der Waals surface area (Å²) in [7, 11) is 1.69. The minimum absolute atomic E-state index is 0.593. The third kappa shape index (κ3) is 2.67. The van der Waals surface area contributed by atoms with Crippen LogP contribution in [0, 0.1) is 13.8 Å². The number of ether oxygens (including phenoxy) is 1. The van der Waals surface area contributed by atoms with E-state index in [1.807, 2.05) is 12.1 Å². The molecule has 5 heteroatoms. The second-order valence-corrected chi connectivity index (χ2v) is 5.21. The molecule has 0 aliphatic carbocycles. The van der Waals surface area contributed by atoms with Gasteiger partial charge in [0.1, 0.15) is 5.75 Å². The Morgan fingerprint density at radius 2 is 2.05 bits per heavy atom. The van der Waals surface area contributed by atoms with E-state index in [9.17, 15) is 0 Å². The van der Waals surface area contributed by atoms with Crippen molar-refractivity contribution in [3.05, 3.63) is 33.7 Å². The van der Waals surface area contributed by atoms with Gasteiger partial charge in [0.2, 0.25) is 0 Å². The van der Waals surface area contributed by atoms with Crippen molar-refractivity contribution in [1.82, 2.24) is 9.97 Å². The minimum atomic E-state index is 0.593. The molecule has 3 N–H and O–H groups in total. The molecule has 0 saturated carbocycles. The lowest BCUT2D eigenvalue weighted by atomic mass is 9.98. The predicted molar refractivity (Wildman–Crippen MR) is 80.5 cm³/mol. The molecule has 2 aromatic rings. The SMILES string of the molecule is COc1ccc(-c2nc(Br)[nH]c2CCN)c(C)c1C. The van der Waals surface area contributed by atoms with E-state index in [0.29, 0.717) is 6.54 Å². The number of H-pyrrole nitrogens is 1. The van der Waals surface area contributed by atoms with Crippen LogP contribution in [0.3, 0.4) is 0 Å². The first-order valence-corrected chi connectivity index (χ1v) is 6.96. The third-order valence-corrected chi connectivity index (χ3v) is 3.73. The average molecular weight is 324 g/mol. The first-order valence-electron chi connectivity index (χ1n) is 6.17. The fraction of sp³-hybridized carbons (Fsp3) is 0.357. The van der Waals surface area contributed by atoms with Gasteiger partial charge in [0.05, 0.1) is 12.8 Å². The lowest BCUT2D eigenvalue weighted by molar-refractivity contribution is 0.411. The molecule has 19 heavy (non-hydrogen) atoms. The molecule has 0 aliphatic rings. The van der Waals surface area contributed by atoms with Crippen molar-refractivity contribution in [2.45, 2.75) is 20.3 Å². The third-order valence-electron chi connectivity index (χ3n) is 3.36. The van der Waals surface area contributed by atoms with Crippen molar-refractivity contribution in [1.29, 1.82) is 0 Å². The number of nitrogens with two attached hydrogens (primary N) is 1. The topological polar surface area (TPSA) is 63.9 Å². The molecule has 0 fully saturated rings. The number of halogens is 1. The van der Waals surface area contributed by atoms with Crippen LogP contribution in [0.4, 0.5) is 0 Å². The molecule has 1 aromatic carbocycles. The van der Waals surface area contributed by atoms with E-state index < -0.39 is 0 Å². The zero-order valence-corrected chi connectivity index (χ0v) is 13.0. The standard InChI is InChI=1S/C14H18BrN3O/c1-8-9(2)12(19-3)5-4-10(8)13-11(6-7-16)17-14(15)18-13/h4-5H,6-7,16H2,1-3H3,(H,17,18). The molecule has 0 atom stereocenters. The second kappa shape index (κ2) is 5.75. The maximum atomic E-state index is 5.65. The monoisotopic (exact) mass is 323 g/mol. The number of imidazole rings is 1. The van der Waals surface area contributed by atoms with Gasteiger partial charge in [-0.2, -0.15) is 0 Å². The number of hydrogen-bond donors (Lipinski definition) is 2. The number of nitrogens with one attached hydrogen (secondary N) is 1. The van der Waals surface area contributed by atoms with E-state index >= 15 is 0 Å². The van der Waals surface area contributed by atoms with Crippen molar-refractivity contribution in [2.24, 2.45) is 5.73 Å². The Bertz CT molecular complexity index is 593. The molecule has 0 unspecified atom stereocenters. The Hall–Kier alpha value is -1.33. The van der Waals surface area contributed by atoms with Gasteiger partial charge in [-0.15, -0.1) is 0 Å². The molecule has 4 nitrogen and oxygen atoms in total. The Balaban J connectivity index is 2.56. The smallest absolute Gasteiger partial charge is 0.175 e. The maximum absolute atomic E-state index is 5.65. The number of benzene rings is 1. The summed E-state index contributed by atoms with van der Waals surface area (Å²) in [5.41, 5.74) is 11.1. The largest absolute Gasteiger partial charge is 0.496 e. The van der Waals surface area contributed by atoms with E-state index in [-0.39, 0.29) is 0 Å². The van der Waals surface area contributed by atoms with Gasteiger partial charge < -0.3 is 15.5 Å². The van der Waals surface area contributed by atoms with Crippen molar-refractivity contribution < 1.29 is 4.74 Å². The van der Waals surface area contributed by atoms with Crippen LogP contribution >= 0.6 is 15.9 Å². The number of aromatic amines is 1. The molecular weight excluding hydrogens is 306 g/mol. The Kier molecular flexibility index (Phi) is 4.27. The Morgan fingerprint density at radius 1 is 1.32 bits per heavy atom.